The number of anilines is 1. The molecule has 0 spiro atoms. The minimum absolute atomic E-state index is 0.0117. The number of hydrogen-bond donors (Lipinski definition) is 1. The van der Waals surface area contributed by atoms with Crippen molar-refractivity contribution < 1.29 is 22.7 Å². The van der Waals surface area contributed by atoms with Crippen molar-refractivity contribution in [1.29, 1.82) is 0 Å². The van der Waals surface area contributed by atoms with Crippen LogP contribution in [0.15, 0.2) is 12.4 Å². The number of nitrogens with one attached hydrogen (secondary N) is 1. The van der Waals surface area contributed by atoms with Gasteiger partial charge in [-0.1, -0.05) is 0 Å². The van der Waals surface area contributed by atoms with Crippen LogP contribution in [0.3, 0.4) is 0 Å². The van der Waals surface area contributed by atoms with Crippen LogP contribution in [0.2, 0.25) is 0 Å². The van der Waals surface area contributed by atoms with Crippen LogP contribution in [0.4, 0.5) is 19.0 Å². The summed E-state index contributed by atoms with van der Waals surface area (Å²) in [6.45, 7) is 3.53. The molecule has 0 saturated heterocycles. The van der Waals surface area contributed by atoms with Gasteiger partial charge in [-0.15, -0.1) is 0 Å². The van der Waals surface area contributed by atoms with Crippen LogP contribution in [0.1, 0.15) is 47.0 Å². The molecule has 136 valence electrons. The maximum Gasteiger partial charge on any atom is 0.410 e. The maximum atomic E-state index is 13.5. The highest BCUT2D eigenvalue weighted by Crippen LogP contribution is 2.44. The maximum absolute atomic E-state index is 13.5. The van der Waals surface area contributed by atoms with Gasteiger partial charge in [0.2, 0.25) is 0 Å². The standard InChI is InChI=1S/C15H18F3N5O2/c1-4-25-14(24)10-7-20-23-12(15(16,17)18)5-11(21-13(10)23)9-6-19-22(3)8(9)2/h6-7,11-12,21H,4-5H2,1-3H3/t11-,12-/m1/s1. The number of aryl methyl sites for hydroxylation is 1. The Hall–Kier alpha value is -2.52. The second-order valence-electron chi connectivity index (χ2n) is 5.87. The molecule has 3 heterocycles. The summed E-state index contributed by atoms with van der Waals surface area (Å²) in [4.78, 5) is 12.0. The number of carbonyl (C=O) groups excluding carboxylic acids is 1. The Bertz CT molecular complexity index is 796. The van der Waals surface area contributed by atoms with Crippen molar-refractivity contribution in [2.75, 3.05) is 11.9 Å². The van der Waals surface area contributed by atoms with Crippen LogP contribution < -0.4 is 5.32 Å². The molecule has 0 saturated carbocycles. The SMILES string of the molecule is CCOC(=O)c1cnn2c1N[C@@H](c1cnn(C)c1C)C[C@@H]2C(F)(F)F. The molecule has 0 bridgehead atoms. The van der Waals surface area contributed by atoms with Crippen LogP contribution >= 0.6 is 0 Å². The topological polar surface area (TPSA) is 74.0 Å². The van der Waals surface area contributed by atoms with Crippen LogP contribution in [0.25, 0.3) is 0 Å². The lowest BCUT2D eigenvalue weighted by Gasteiger charge is -2.33. The molecule has 25 heavy (non-hydrogen) atoms. The van der Waals surface area contributed by atoms with Gasteiger partial charge >= 0.3 is 12.1 Å². The number of aromatic nitrogens is 4. The zero-order chi connectivity index (χ0) is 18.4. The van der Waals surface area contributed by atoms with Crippen molar-refractivity contribution in [3.8, 4) is 0 Å². The molecule has 0 aliphatic carbocycles. The molecule has 2 atom stereocenters. The first-order valence-corrected chi connectivity index (χ1v) is 7.80. The highest BCUT2D eigenvalue weighted by Gasteiger charge is 2.47. The first-order valence-electron chi connectivity index (χ1n) is 7.80. The second-order valence-corrected chi connectivity index (χ2v) is 5.87. The van der Waals surface area contributed by atoms with Gasteiger partial charge in [0.05, 0.1) is 25.0 Å². The number of halogens is 3. The van der Waals surface area contributed by atoms with Crippen molar-refractivity contribution in [2.45, 2.75) is 38.5 Å². The molecule has 7 nitrogen and oxygen atoms in total. The lowest BCUT2D eigenvalue weighted by atomic mass is 9.97. The van der Waals surface area contributed by atoms with Crippen molar-refractivity contribution in [3.63, 3.8) is 0 Å². The molecule has 0 amide bonds. The van der Waals surface area contributed by atoms with E-state index < -0.39 is 24.2 Å². The monoisotopic (exact) mass is 357 g/mol. The molecular formula is C15H18F3N5O2. The molecule has 2 aromatic heterocycles. The number of ether oxygens (including phenoxy) is 1. The molecular weight excluding hydrogens is 339 g/mol. The van der Waals surface area contributed by atoms with E-state index in [1.165, 1.54) is 6.20 Å². The summed E-state index contributed by atoms with van der Waals surface area (Å²) in [6.07, 6.45) is -2.09. The molecule has 1 aliphatic rings. The summed E-state index contributed by atoms with van der Waals surface area (Å²) in [6, 6.07) is -2.48. The number of carbonyl (C=O) groups is 1. The van der Waals surface area contributed by atoms with Gasteiger partial charge in [-0.25, -0.2) is 9.48 Å². The number of nitrogens with zero attached hydrogens (tertiary/aromatic N) is 4. The van der Waals surface area contributed by atoms with Crippen molar-refractivity contribution >= 4 is 11.8 Å². The summed E-state index contributed by atoms with van der Waals surface area (Å²) >= 11 is 0. The first kappa shape index (κ1) is 17.3. The summed E-state index contributed by atoms with van der Waals surface area (Å²) in [5.41, 5.74) is 1.39. The highest BCUT2D eigenvalue weighted by atomic mass is 19.4. The number of rotatable bonds is 3. The minimum Gasteiger partial charge on any atom is -0.462 e. The summed E-state index contributed by atoms with van der Waals surface area (Å²) in [5.74, 6) is -0.694. The first-order chi connectivity index (χ1) is 11.7. The quantitative estimate of drug-likeness (QED) is 0.855. The third-order valence-electron chi connectivity index (χ3n) is 4.38. The second kappa shape index (κ2) is 6.08. The van der Waals surface area contributed by atoms with Gasteiger partial charge < -0.3 is 10.1 Å². The average molecular weight is 357 g/mol. The zero-order valence-corrected chi connectivity index (χ0v) is 14.0. The van der Waals surface area contributed by atoms with Gasteiger partial charge in [0.25, 0.3) is 0 Å². The smallest absolute Gasteiger partial charge is 0.410 e. The van der Waals surface area contributed by atoms with Gasteiger partial charge in [-0.05, 0) is 13.8 Å². The van der Waals surface area contributed by atoms with Crippen LogP contribution in [-0.4, -0.2) is 38.3 Å². The fraction of sp³-hybridized carbons (Fsp3) is 0.533. The van der Waals surface area contributed by atoms with E-state index in [1.54, 1.807) is 25.6 Å². The molecule has 0 fully saturated rings. The van der Waals surface area contributed by atoms with E-state index in [9.17, 15) is 18.0 Å². The van der Waals surface area contributed by atoms with Crippen molar-refractivity contribution in [3.05, 3.63) is 29.2 Å². The molecule has 1 aliphatic heterocycles. The van der Waals surface area contributed by atoms with Crippen LogP contribution in [-0.2, 0) is 11.8 Å². The Morgan fingerprint density at radius 3 is 2.68 bits per heavy atom. The third-order valence-corrected chi connectivity index (χ3v) is 4.38. The Labute approximate surface area is 141 Å². The van der Waals surface area contributed by atoms with E-state index in [2.05, 4.69) is 15.5 Å². The number of alkyl halides is 3. The molecule has 0 radical (unpaired) electrons. The van der Waals surface area contributed by atoms with Crippen molar-refractivity contribution in [1.82, 2.24) is 19.6 Å². The van der Waals surface area contributed by atoms with Crippen molar-refractivity contribution in [2.24, 2.45) is 7.05 Å². The zero-order valence-electron chi connectivity index (χ0n) is 14.0. The van der Waals surface area contributed by atoms with E-state index in [0.717, 1.165) is 16.6 Å². The predicted octanol–water partition coefficient (Wildman–Crippen LogP) is 2.76. The average Bonchev–Trinajstić information content (AvgIpc) is 3.10. The van der Waals surface area contributed by atoms with E-state index in [4.69, 9.17) is 4.74 Å². The van der Waals surface area contributed by atoms with Gasteiger partial charge in [0, 0.05) is 24.7 Å². The Morgan fingerprint density at radius 2 is 2.12 bits per heavy atom. The molecule has 10 heteroatoms. The van der Waals surface area contributed by atoms with Crippen LogP contribution in [0.5, 0.6) is 0 Å². The van der Waals surface area contributed by atoms with Crippen LogP contribution in [0, 0.1) is 6.92 Å². The fourth-order valence-corrected chi connectivity index (χ4v) is 2.98. The summed E-state index contributed by atoms with van der Waals surface area (Å²) in [7, 11) is 1.72. The predicted molar refractivity (Wildman–Crippen MR) is 82.2 cm³/mol. The minimum atomic E-state index is -4.50. The largest absolute Gasteiger partial charge is 0.462 e. The number of esters is 1. The molecule has 3 rings (SSSR count). The number of fused-ring (bicyclic) bond motifs is 1. The molecule has 2 aromatic rings. The molecule has 1 N–H and O–H groups in total. The lowest BCUT2D eigenvalue weighted by molar-refractivity contribution is -0.173. The molecule has 0 unspecified atom stereocenters. The Balaban J connectivity index is 2.05. The van der Waals surface area contributed by atoms with E-state index in [-0.39, 0.29) is 24.4 Å². The fourth-order valence-electron chi connectivity index (χ4n) is 2.98. The normalized spacial score (nSPS) is 20.1. The van der Waals surface area contributed by atoms with Gasteiger partial charge in [-0.3, -0.25) is 4.68 Å². The highest BCUT2D eigenvalue weighted by molar-refractivity contribution is 5.94. The number of hydrogen-bond acceptors (Lipinski definition) is 5. The Morgan fingerprint density at radius 1 is 1.40 bits per heavy atom. The van der Waals surface area contributed by atoms with Gasteiger partial charge in [0.1, 0.15) is 11.4 Å². The molecule has 0 aromatic carbocycles. The Kier molecular flexibility index (Phi) is 4.21. The summed E-state index contributed by atoms with van der Waals surface area (Å²) in [5, 5.41) is 10.9. The lowest BCUT2D eigenvalue weighted by Crippen LogP contribution is -2.36. The summed E-state index contributed by atoms with van der Waals surface area (Å²) < 4.78 is 48.0. The van der Waals surface area contributed by atoms with E-state index >= 15 is 0 Å². The van der Waals surface area contributed by atoms with Gasteiger partial charge in [0.15, 0.2) is 6.04 Å². The van der Waals surface area contributed by atoms with E-state index in [0.29, 0.717) is 5.56 Å². The third kappa shape index (κ3) is 2.96. The van der Waals surface area contributed by atoms with Gasteiger partial charge in [-0.2, -0.15) is 23.4 Å². The van der Waals surface area contributed by atoms with E-state index in [1.807, 2.05) is 0 Å².